The quantitative estimate of drug-likeness (QED) is 0.492. The number of rotatable bonds is 4. The molecule has 13 heteroatoms. The Balaban J connectivity index is 0.00000312. The molecule has 2 aromatic rings. The molecule has 0 saturated carbocycles. The minimum atomic E-state index is -5.29. The Bertz CT molecular complexity index is 1010. The summed E-state index contributed by atoms with van der Waals surface area (Å²) in [6, 6.07) is 2.26. The molecule has 0 aromatic heterocycles. The first-order valence-electron chi connectivity index (χ1n) is 5.82. The van der Waals surface area contributed by atoms with Crippen LogP contribution in [0.2, 0.25) is 0 Å². The molecule has 0 aliphatic heterocycles. The zero-order valence-corrected chi connectivity index (χ0v) is 14.2. The van der Waals surface area contributed by atoms with Crippen molar-refractivity contribution in [1.82, 2.24) is 0 Å². The topological polar surface area (TPSA) is 189 Å². The molecule has 0 radical (unpaired) electrons. The second kappa shape index (κ2) is 6.69. The first kappa shape index (κ1) is 21.0. The molecule has 0 saturated heterocycles. The maximum absolute atomic E-state index is 11.3. The van der Waals surface area contributed by atoms with Crippen LogP contribution >= 0.6 is 0 Å². The van der Waals surface area contributed by atoms with Crippen molar-refractivity contribution in [3.05, 3.63) is 35.4 Å². The normalized spacial score (nSPS) is 11.8. The number of carboxylic acid groups (broad SMARTS) is 2. The zero-order valence-electron chi connectivity index (χ0n) is 11.6. The van der Waals surface area contributed by atoms with Crippen LogP contribution in [0.3, 0.4) is 0 Å². The molecule has 0 atom stereocenters. The van der Waals surface area contributed by atoms with E-state index in [1.807, 2.05) is 0 Å². The van der Waals surface area contributed by atoms with Gasteiger partial charge < -0.3 is 19.3 Å². The average Bonchev–Trinajstić information content (AvgIpc) is 2.42. The smallest absolute Gasteiger partial charge is 0.744 e. The SMILES string of the molecule is O=C(O)c1cc(S(=O)(=O)[O-])c2cc(C(=O)O)cc(S(=O)(=O)[O-])c2c1.[Ni+2]. The monoisotopic (exact) mass is 432 g/mol. The molecule has 2 N–H and O–H groups in total. The van der Waals surface area contributed by atoms with E-state index in [1.54, 1.807) is 0 Å². The molecular weight excluding hydrogens is 427 g/mol. The number of fused-ring (bicyclic) bond motifs is 1. The number of carboxylic acids is 2. The summed E-state index contributed by atoms with van der Waals surface area (Å²) < 4.78 is 68.0. The molecule has 2 rings (SSSR count). The van der Waals surface area contributed by atoms with Crippen LogP contribution in [0.4, 0.5) is 0 Å². The van der Waals surface area contributed by atoms with Crippen LogP contribution in [0.5, 0.6) is 0 Å². The maximum Gasteiger partial charge on any atom is 2.00 e. The summed E-state index contributed by atoms with van der Waals surface area (Å²) in [7, 11) is -10.6. The second-order valence-corrected chi connectivity index (χ2v) is 7.26. The molecule has 2 aromatic carbocycles. The van der Waals surface area contributed by atoms with Gasteiger partial charge in [-0.15, -0.1) is 0 Å². The summed E-state index contributed by atoms with van der Waals surface area (Å²) in [5.74, 6) is -3.36. The minimum Gasteiger partial charge on any atom is -0.744 e. The van der Waals surface area contributed by atoms with Crippen LogP contribution in [0.1, 0.15) is 20.7 Å². The Hall–Kier alpha value is -2.05. The molecule has 0 aliphatic carbocycles. The largest absolute Gasteiger partial charge is 2.00 e. The van der Waals surface area contributed by atoms with Crippen LogP contribution in [0.25, 0.3) is 10.8 Å². The van der Waals surface area contributed by atoms with Crippen molar-refractivity contribution >= 4 is 42.9 Å². The Morgan fingerprint density at radius 3 is 1.20 bits per heavy atom. The molecule has 0 heterocycles. The van der Waals surface area contributed by atoms with E-state index in [0.29, 0.717) is 24.3 Å². The first-order chi connectivity index (χ1) is 10.8. The van der Waals surface area contributed by atoms with Crippen LogP contribution in [-0.2, 0) is 36.7 Å². The maximum atomic E-state index is 11.3. The molecular formula is C12H6NiO10S2. The van der Waals surface area contributed by atoms with Crippen LogP contribution in [0.15, 0.2) is 34.1 Å². The number of hydrogen-bond donors (Lipinski definition) is 2. The van der Waals surface area contributed by atoms with E-state index in [2.05, 4.69) is 0 Å². The summed E-state index contributed by atoms with van der Waals surface area (Å²) in [5.41, 5.74) is -1.52. The Kier molecular flexibility index (Phi) is 5.62. The zero-order chi connectivity index (χ0) is 18.4. The molecule has 25 heavy (non-hydrogen) atoms. The van der Waals surface area contributed by atoms with Gasteiger partial charge in [0.2, 0.25) is 0 Å². The standard InChI is InChI=1S/C12H8O10S2.Ni/c13-11(14)5-1-7-8(10(3-5)24(20,21)22)2-6(12(15)16)4-9(7)23(17,18)19;/h1-4H,(H,13,14)(H,15,16)(H,17,18,19)(H,20,21,22);/q;+2/p-2. The van der Waals surface area contributed by atoms with Crippen molar-refractivity contribution < 1.29 is 62.2 Å². The van der Waals surface area contributed by atoms with Gasteiger partial charge in [-0.3, -0.25) is 0 Å². The predicted octanol–water partition coefficient (Wildman–Crippen LogP) is 0.0419. The minimum absolute atomic E-state index is 0. The number of aromatic carboxylic acids is 2. The van der Waals surface area contributed by atoms with E-state index in [0.717, 1.165) is 0 Å². The van der Waals surface area contributed by atoms with Gasteiger partial charge in [0.25, 0.3) is 0 Å². The van der Waals surface area contributed by atoms with Crippen LogP contribution in [0, 0.1) is 0 Å². The summed E-state index contributed by atoms with van der Waals surface area (Å²) in [6.07, 6.45) is 0. The number of carbonyl (C=O) groups is 2. The molecule has 0 unspecified atom stereocenters. The van der Waals surface area contributed by atoms with Crippen LogP contribution < -0.4 is 0 Å². The van der Waals surface area contributed by atoms with Gasteiger partial charge in [-0.05, 0) is 24.3 Å². The van der Waals surface area contributed by atoms with E-state index in [1.165, 1.54) is 0 Å². The first-order valence-corrected chi connectivity index (χ1v) is 8.64. The van der Waals surface area contributed by atoms with Crippen molar-refractivity contribution in [2.45, 2.75) is 9.79 Å². The van der Waals surface area contributed by atoms with Gasteiger partial charge in [-0.1, -0.05) is 0 Å². The fourth-order valence-corrected chi connectivity index (χ4v) is 3.48. The number of benzene rings is 2. The van der Waals surface area contributed by atoms with Crippen molar-refractivity contribution in [2.75, 3.05) is 0 Å². The number of hydrogen-bond acceptors (Lipinski definition) is 8. The van der Waals surface area contributed by atoms with Crippen molar-refractivity contribution in [3.63, 3.8) is 0 Å². The summed E-state index contributed by atoms with van der Waals surface area (Å²) >= 11 is 0. The van der Waals surface area contributed by atoms with E-state index in [9.17, 15) is 35.5 Å². The van der Waals surface area contributed by atoms with E-state index in [-0.39, 0.29) is 16.5 Å². The molecule has 136 valence electrons. The Morgan fingerprint density at radius 1 is 0.720 bits per heavy atom. The molecule has 10 nitrogen and oxygen atoms in total. The fourth-order valence-electron chi connectivity index (χ4n) is 2.06. The van der Waals surface area contributed by atoms with E-state index >= 15 is 0 Å². The Morgan fingerprint density at radius 2 is 1.00 bits per heavy atom. The van der Waals surface area contributed by atoms with E-state index in [4.69, 9.17) is 10.2 Å². The summed E-state index contributed by atoms with van der Waals surface area (Å²) in [6.45, 7) is 0. The molecule has 0 bridgehead atoms. The van der Waals surface area contributed by atoms with Gasteiger partial charge in [-0.2, -0.15) is 0 Å². The molecule has 0 fully saturated rings. The molecule has 0 aliphatic rings. The van der Waals surface area contributed by atoms with Gasteiger partial charge in [0.1, 0.15) is 20.2 Å². The summed E-state index contributed by atoms with van der Waals surface area (Å²) in [4.78, 5) is 19.8. The molecule has 0 spiro atoms. The summed E-state index contributed by atoms with van der Waals surface area (Å²) in [5, 5.41) is 16.6. The predicted molar refractivity (Wildman–Crippen MR) is 73.8 cm³/mol. The Labute approximate surface area is 150 Å². The second-order valence-electron chi connectivity index (χ2n) is 4.56. The van der Waals surface area contributed by atoms with Gasteiger partial charge in [0, 0.05) is 10.8 Å². The van der Waals surface area contributed by atoms with Crippen molar-refractivity contribution in [1.29, 1.82) is 0 Å². The van der Waals surface area contributed by atoms with Crippen molar-refractivity contribution in [2.24, 2.45) is 0 Å². The van der Waals surface area contributed by atoms with E-state index < -0.39 is 63.9 Å². The van der Waals surface area contributed by atoms with Crippen LogP contribution in [-0.4, -0.2) is 48.1 Å². The van der Waals surface area contributed by atoms with Crippen molar-refractivity contribution in [3.8, 4) is 0 Å². The molecule has 0 amide bonds. The fraction of sp³-hybridized carbons (Fsp3) is 0. The average molecular weight is 433 g/mol. The third-order valence-corrected chi connectivity index (χ3v) is 4.78. The third-order valence-electron chi connectivity index (χ3n) is 3.03. The van der Waals surface area contributed by atoms with Gasteiger partial charge in [0.05, 0.1) is 20.9 Å². The van der Waals surface area contributed by atoms with Gasteiger partial charge >= 0.3 is 28.4 Å². The van der Waals surface area contributed by atoms with Gasteiger partial charge in [0.15, 0.2) is 0 Å². The van der Waals surface area contributed by atoms with Gasteiger partial charge in [-0.25, -0.2) is 26.4 Å². The third kappa shape index (κ3) is 4.14.